The number of amides is 4. The van der Waals surface area contributed by atoms with Crippen molar-refractivity contribution in [3.63, 3.8) is 0 Å². The molecule has 410 valence electrons. The first-order valence-electron chi connectivity index (χ1n) is 27.9. The zero-order valence-corrected chi connectivity index (χ0v) is 44.7. The third-order valence-electron chi connectivity index (χ3n) is 17.5. The maximum absolute atomic E-state index is 16.9. The highest BCUT2D eigenvalue weighted by Gasteiger charge is 2.45. The maximum atomic E-state index is 16.9. The number of carbonyl (C=O) groups excluding carboxylic acids is 3. The van der Waals surface area contributed by atoms with E-state index in [2.05, 4.69) is 31.3 Å². The lowest BCUT2D eigenvalue weighted by Crippen LogP contribution is -2.52. The summed E-state index contributed by atoms with van der Waals surface area (Å²) >= 11 is 0. The lowest BCUT2D eigenvalue weighted by molar-refractivity contribution is -0.121. The molecular weight excluding hydrogens is 997 g/mol. The molecule has 4 amide bonds. The van der Waals surface area contributed by atoms with Crippen molar-refractivity contribution in [2.45, 2.75) is 95.1 Å². The highest BCUT2D eigenvalue weighted by molar-refractivity contribution is 6.13. The summed E-state index contributed by atoms with van der Waals surface area (Å²) in [5, 5.41) is 15.8. The van der Waals surface area contributed by atoms with Crippen molar-refractivity contribution in [3.8, 4) is 29.6 Å². The number of nitrogens with one attached hydrogen (secondary N) is 3. The SMILES string of the molecule is C#Cc1c(F)ccc2cccc(-c3nc4c5c(nc(OCC67CCCN6CCC7)nc5c3F)N3CCCOCC3CC4)c12.CNc1cc(N2CCC(CC3CCN(C(=O)OC)CC3)CC2)ccc1C(=N)N1CCC(=O)NC1=O. The number of aromatic nitrogens is 3. The quantitative estimate of drug-likeness (QED) is 0.0725. The average molecular weight is 1070 g/mol. The molecule has 0 radical (unpaired) electrons. The van der Waals surface area contributed by atoms with Crippen LogP contribution in [0.4, 0.5) is 35.6 Å². The second-order valence-electron chi connectivity index (χ2n) is 21.9. The second-order valence-corrected chi connectivity index (χ2v) is 21.9. The van der Waals surface area contributed by atoms with Gasteiger partial charge in [0, 0.05) is 87.2 Å². The number of amidine groups is 1. The number of aryl methyl sites for hydroxylation is 1. The fourth-order valence-electron chi connectivity index (χ4n) is 13.3. The molecule has 6 fully saturated rings. The van der Waals surface area contributed by atoms with Crippen molar-refractivity contribution >= 4 is 62.7 Å². The predicted molar refractivity (Wildman–Crippen MR) is 295 cm³/mol. The van der Waals surface area contributed by atoms with Crippen LogP contribution in [0.25, 0.3) is 32.9 Å². The molecule has 1 unspecified atom stereocenters. The summed E-state index contributed by atoms with van der Waals surface area (Å²) in [6, 6.07) is 14.1. The number of nitrogens with zero attached hydrogens (tertiary/aromatic N) is 8. The Hall–Kier alpha value is -7.17. The highest BCUT2D eigenvalue weighted by atomic mass is 19.1. The lowest BCUT2D eigenvalue weighted by atomic mass is 9.83. The Morgan fingerprint density at radius 3 is 2.41 bits per heavy atom. The number of benzene rings is 3. The molecule has 0 saturated carbocycles. The van der Waals surface area contributed by atoms with Gasteiger partial charge in [0.1, 0.15) is 35.3 Å². The number of halogens is 2. The van der Waals surface area contributed by atoms with Crippen LogP contribution in [-0.4, -0.2) is 151 Å². The van der Waals surface area contributed by atoms with Crippen LogP contribution in [0, 0.1) is 41.2 Å². The number of terminal acetylenes is 1. The van der Waals surface area contributed by atoms with Gasteiger partial charge in [-0.1, -0.05) is 30.2 Å². The molecule has 17 nitrogen and oxygen atoms in total. The summed E-state index contributed by atoms with van der Waals surface area (Å²) in [7, 11) is 3.25. The van der Waals surface area contributed by atoms with Gasteiger partial charge in [-0.05, 0) is 132 Å². The fraction of sp³-hybridized carbons (Fsp3) is 0.508. The molecule has 0 bridgehead atoms. The van der Waals surface area contributed by atoms with Gasteiger partial charge in [0.05, 0.1) is 41.9 Å². The molecule has 9 heterocycles. The lowest BCUT2D eigenvalue weighted by Gasteiger charge is -2.37. The van der Waals surface area contributed by atoms with Crippen molar-refractivity contribution in [1.82, 2.24) is 35.0 Å². The Kier molecular flexibility index (Phi) is 15.4. The van der Waals surface area contributed by atoms with E-state index in [-0.39, 0.29) is 65.2 Å². The number of rotatable bonds is 9. The first-order valence-corrected chi connectivity index (χ1v) is 27.9. The number of pyridine rings is 1. The Labute approximate surface area is 453 Å². The molecule has 7 aliphatic heterocycles. The number of methoxy groups -OCH3 is 1. The molecule has 3 N–H and O–H groups in total. The fourth-order valence-corrected chi connectivity index (χ4v) is 13.3. The number of imide groups is 1. The van der Waals surface area contributed by atoms with Crippen LogP contribution >= 0.6 is 0 Å². The monoisotopic (exact) mass is 1070 g/mol. The smallest absolute Gasteiger partial charge is 0.409 e. The summed E-state index contributed by atoms with van der Waals surface area (Å²) in [5.41, 5.74) is 4.06. The van der Waals surface area contributed by atoms with Gasteiger partial charge in [0.25, 0.3) is 0 Å². The largest absolute Gasteiger partial charge is 0.461 e. The van der Waals surface area contributed by atoms with Crippen LogP contribution in [0.1, 0.15) is 93.9 Å². The van der Waals surface area contributed by atoms with Gasteiger partial charge in [0.2, 0.25) is 5.91 Å². The topological polar surface area (TPSA) is 182 Å². The number of ether oxygens (including phenoxy) is 3. The van der Waals surface area contributed by atoms with E-state index in [1.807, 2.05) is 37.4 Å². The minimum Gasteiger partial charge on any atom is -0.461 e. The van der Waals surface area contributed by atoms with Crippen LogP contribution in [0.5, 0.6) is 6.01 Å². The van der Waals surface area contributed by atoms with Crippen molar-refractivity contribution in [2.75, 3.05) is 101 Å². The molecule has 5 aromatic rings. The molecule has 1 atom stereocenters. The van der Waals surface area contributed by atoms with Crippen molar-refractivity contribution in [1.29, 1.82) is 5.41 Å². The van der Waals surface area contributed by atoms with Gasteiger partial charge in [-0.15, -0.1) is 6.42 Å². The minimum absolute atomic E-state index is 0.00280. The Balaban J connectivity index is 0.000000170. The molecule has 3 aromatic carbocycles. The van der Waals surface area contributed by atoms with Gasteiger partial charge in [-0.2, -0.15) is 9.97 Å². The average Bonchev–Trinajstić information content (AvgIpc) is 4.11. The van der Waals surface area contributed by atoms with Gasteiger partial charge in [0.15, 0.2) is 5.82 Å². The van der Waals surface area contributed by atoms with Crippen molar-refractivity contribution in [3.05, 3.63) is 77.0 Å². The minimum atomic E-state index is -0.585. The molecule has 12 rings (SSSR count). The number of piperidine rings is 2. The van der Waals surface area contributed by atoms with Crippen LogP contribution in [-0.2, 0) is 20.7 Å². The molecular formula is C59H69F2N11O6. The molecule has 19 heteroatoms. The van der Waals surface area contributed by atoms with Gasteiger partial charge in [-0.25, -0.2) is 23.4 Å². The van der Waals surface area contributed by atoms with Crippen LogP contribution < -0.4 is 25.2 Å². The maximum Gasteiger partial charge on any atom is 0.409 e. The van der Waals surface area contributed by atoms with Crippen molar-refractivity contribution < 1.29 is 37.4 Å². The summed E-state index contributed by atoms with van der Waals surface area (Å²) in [4.78, 5) is 60.2. The molecule has 0 aliphatic carbocycles. The summed E-state index contributed by atoms with van der Waals surface area (Å²) in [5.74, 6) is 3.18. The number of hydrogen-bond donors (Lipinski definition) is 3. The van der Waals surface area contributed by atoms with Gasteiger partial charge < -0.3 is 34.2 Å². The number of hydrogen-bond acceptors (Lipinski definition) is 14. The summed E-state index contributed by atoms with van der Waals surface area (Å²) in [6.07, 6.45) is 18.1. The van der Waals surface area contributed by atoms with Crippen LogP contribution in [0.15, 0.2) is 48.5 Å². The zero-order valence-electron chi connectivity index (χ0n) is 44.7. The number of fused-ring (bicyclic) bond motifs is 4. The molecule has 78 heavy (non-hydrogen) atoms. The standard InChI is InChI=1S/C34H33F2N5O2.C25H36N6O4/c1-2-23-25(35)11-9-21-7-3-8-24(27(21)23)30-29(36)31-28-26(37-30)12-10-22-19-42-18-6-17-41(22)32(28)39-33(38-31)43-20-34-13-4-15-40(34)16-5-14-34;1-27-21-16-19(3-4-20(21)23(26)31-14-9-22(32)28-24(31)33)29-10-5-17(6-11-29)15-18-7-12-30(13-8-18)25(34)35-2/h1,3,7-9,11,22H,4-6,10,12-20H2;3-4,16-18,26-27H,5-15H2,1-2H3,(H,28,32,33). The molecule has 2 aromatic heterocycles. The first-order chi connectivity index (χ1) is 37.9. The van der Waals surface area contributed by atoms with Gasteiger partial charge >= 0.3 is 18.1 Å². The van der Waals surface area contributed by atoms with E-state index in [0.29, 0.717) is 76.9 Å². The van der Waals surface area contributed by atoms with E-state index in [0.717, 1.165) is 121 Å². The normalized spacial score (nSPS) is 20.7. The summed E-state index contributed by atoms with van der Waals surface area (Å²) in [6.45, 7) is 8.40. The van der Waals surface area contributed by atoms with Gasteiger partial charge in [-0.3, -0.25) is 25.3 Å². The van der Waals surface area contributed by atoms with E-state index in [9.17, 15) is 18.8 Å². The molecule has 6 saturated heterocycles. The van der Waals surface area contributed by atoms with Crippen LogP contribution in [0.2, 0.25) is 0 Å². The number of urea groups is 1. The predicted octanol–water partition coefficient (Wildman–Crippen LogP) is 8.73. The van der Waals surface area contributed by atoms with E-state index in [1.54, 1.807) is 17.0 Å². The third-order valence-corrected chi connectivity index (χ3v) is 17.5. The Bertz CT molecular complexity index is 3160. The molecule has 0 spiro atoms. The Morgan fingerprint density at radius 2 is 1.68 bits per heavy atom. The van der Waals surface area contributed by atoms with Crippen molar-refractivity contribution in [2.24, 2.45) is 11.8 Å². The number of carbonyl (C=O) groups is 3. The highest BCUT2D eigenvalue weighted by Crippen LogP contribution is 2.43. The Morgan fingerprint density at radius 1 is 0.910 bits per heavy atom. The number of likely N-dealkylation sites (tertiary alicyclic amines) is 1. The number of anilines is 3. The molecule has 7 aliphatic rings. The second kappa shape index (κ2) is 22.7. The van der Waals surface area contributed by atoms with E-state index in [4.69, 9.17) is 41.0 Å². The van der Waals surface area contributed by atoms with E-state index < -0.39 is 17.7 Å². The van der Waals surface area contributed by atoms with Crippen LogP contribution in [0.3, 0.4) is 0 Å². The van der Waals surface area contributed by atoms with E-state index in [1.165, 1.54) is 24.5 Å². The first kappa shape index (κ1) is 52.9. The summed E-state index contributed by atoms with van der Waals surface area (Å²) < 4.78 is 49.0. The van der Waals surface area contributed by atoms with E-state index >= 15 is 4.39 Å². The zero-order chi connectivity index (χ0) is 54.1. The third kappa shape index (κ3) is 10.4.